The molecule has 2 fully saturated rings. The zero-order valence-electron chi connectivity index (χ0n) is 23.8. The summed E-state index contributed by atoms with van der Waals surface area (Å²) in [7, 11) is 1.45. The van der Waals surface area contributed by atoms with Gasteiger partial charge in [0.1, 0.15) is 10.3 Å². The Kier molecular flexibility index (Phi) is 12.4. The molecule has 0 bridgehead atoms. The van der Waals surface area contributed by atoms with E-state index in [4.69, 9.17) is 39.5 Å². The van der Waals surface area contributed by atoms with Crippen LogP contribution in [0.1, 0.15) is 58.3 Å². The fraction of sp³-hybridized carbons (Fsp3) is 0.536. The second kappa shape index (κ2) is 16.2. The molecule has 228 valence electrons. The summed E-state index contributed by atoms with van der Waals surface area (Å²) in [5, 5.41) is 10.6. The highest BCUT2D eigenvalue weighted by molar-refractivity contribution is 6.35. The summed E-state index contributed by atoms with van der Waals surface area (Å²) in [6, 6.07) is 6.97. The predicted octanol–water partition coefficient (Wildman–Crippen LogP) is 7.23. The number of benzene rings is 1. The fourth-order valence-corrected chi connectivity index (χ4v) is 5.86. The van der Waals surface area contributed by atoms with Gasteiger partial charge in [-0.1, -0.05) is 55.8 Å². The molecule has 3 aromatic rings. The number of likely N-dealkylation sites (N-methyl/N-ethyl adjacent to an activating group) is 1. The van der Waals surface area contributed by atoms with Crippen LogP contribution in [0.4, 0.5) is 27.9 Å². The maximum absolute atomic E-state index is 14.2. The van der Waals surface area contributed by atoms with Crippen molar-refractivity contribution in [3.8, 4) is 5.75 Å². The Morgan fingerprint density at radius 2 is 1.57 bits per heavy atom. The fourth-order valence-electron chi connectivity index (χ4n) is 5.17. The van der Waals surface area contributed by atoms with E-state index in [1.807, 2.05) is 0 Å². The molecule has 1 aromatic carbocycles. The highest BCUT2D eigenvalue weighted by Gasteiger charge is 2.23. The maximum atomic E-state index is 14.2. The van der Waals surface area contributed by atoms with Crippen LogP contribution >= 0.6 is 34.8 Å². The molecule has 5 rings (SSSR count). The monoisotopic (exact) mass is 639 g/mol. The Labute approximate surface area is 261 Å². The van der Waals surface area contributed by atoms with E-state index in [0.717, 1.165) is 32.5 Å². The second-order valence-corrected chi connectivity index (χ2v) is 11.3. The molecule has 14 heteroatoms. The minimum Gasteiger partial charge on any atom is -0.494 e. The Hall–Kier alpha value is -2.73. The molecule has 1 aliphatic heterocycles. The lowest BCUT2D eigenvalue weighted by atomic mass is 10.1. The van der Waals surface area contributed by atoms with Crippen LogP contribution in [0.2, 0.25) is 15.6 Å². The van der Waals surface area contributed by atoms with E-state index in [0.29, 0.717) is 35.6 Å². The number of methoxy groups -OCH3 is 1. The third-order valence-electron chi connectivity index (χ3n) is 7.27. The molecule has 2 aliphatic rings. The smallest absolute Gasteiger partial charge is 0.233 e. The third kappa shape index (κ3) is 9.93. The largest absolute Gasteiger partial charge is 0.494 e. The van der Waals surface area contributed by atoms with Crippen molar-refractivity contribution < 1.29 is 9.13 Å². The Morgan fingerprint density at radius 3 is 2.21 bits per heavy atom. The van der Waals surface area contributed by atoms with Crippen molar-refractivity contribution in [1.29, 1.82) is 0 Å². The molecular weight excluding hydrogens is 604 g/mol. The molecule has 0 unspecified atom stereocenters. The van der Waals surface area contributed by atoms with Gasteiger partial charge in [-0.05, 0) is 62.5 Å². The van der Waals surface area contributed by atoms with Gasteiger partial charge in [-0.25, -0.2) is 14.4 Å². The number of hydrogen-bond acceptors (Lipinski definition) is 10. The number of ether oxygens (including phenoxy) is 1. The van der Waals surface area contributed by atoms with Crippen molar-refractivity contribution in [3.63, 3.8) is 0 Å². The third-order valence-corrected chi connectivity index (χ3v) is 7.83. The number of anilines is 4. The molecule has 42 heavy (non-hydrogen) atoms. The molecule has 1 atom stereocenters. The zero-order valence-corrected chi connectivity index (χ0v) is 26.1. The van der Waals surface area contributed by atoms with E-state index >= 15 is 0 Å². The normalized spacial score (nSPS) is 17.6. The molecule has 0 spiro atoms. The van der Waals surface area contributed by atoms with E-state index in [1.54, 1.807) is 12.1 Å². The van der Waals surface area contributed by atoms with Gasteiger partial charge in [-0.2, -0.15) is 15.0 Å². The first-order valence-electron chi connectivity index (χ1n) is 14.3. The van der Waals surface area contributed by atoms with Gasteiger partial charge < -0.3 is 20.7 Å². The zero-order chi connectivity index (χ0) is 29.9. The molecule has 2 aromatic heterocycles. The minimum atomic E-state index is -0.437. The average Bonchev–Trinajstić information content (AvgIpc) is 3.26. The van der Waals surface area contributed by atoms with Gasteiger partial charge in [0.05, 0.1) is 7.11 Å². The molecular formula is C28H37Cl3FN9O. The topological polar surface area (TPSA) is 113 Å². The Morgan fingerprint density at radius 1 is 0.881 bits per heavy atom. The van der Waals surface area contributed by atoms with Crippen LogP contribution in [-0.2, 0) is 0 Å². The first kappa shape index (κ1) is 32.2. The number of hydrogen-bond donors (Lipinski definition) is 3. The molecule has 10 nitrogen and oxygen atoms in total. The summed E-state index contributed by atoms with van der Waals surface area (Å²) >= 11 is 16.2. The number of rotatable bonds is 9. The van der Waals surface area contributed by atoms with E-state index in [1.165, 1.54) is 57.8 Å². The van der Waals surface area contributed by atoms with Crippen LogP contribution in [0.5, 0.6) is 5.75 Å². The number of halogens is 4. The van der Waals surface area contributed by atoms with Crippen LogP contribution in [0.3, 0.4) is 0 Å². The van der Waals surface area contributed by atoms with Crippen LogP contribution in [0, 0.1) is 5.82 Å². The van der Waals surface area contributed by atoms with Gasteiger partial charge in [-0.3, -0.25) is 4.90 Å². The van der Waals surface area contributed by atoms with Crippen molar-refractivity contribution >= 4 is 58.3 Å². The van der Waals surface area contributed by atoms with Gasteiger partial charge in [0.2, 0.25) is 23.1 Å². The maximum Gasteiger partial charge on any atom is 0.233 e. The van der Waals surface area contributed by atoms with E-state index in [-0.39, 0.29) is 21.3 Å². The minimum absolute atomic E-state index is 0.0625. The molecule has 1 saturated carbocycles. The van der Waals surface area contributed by atoms with E-state index in [2.05, 4.69) is 52.7 Å². The van der Waals surface area contributed by atoms with Crippen molar-refractivity contribution in [2.24, 2.45) is 0 Å². The lowest BCUT2D eigenvalue weighted by Gasteiger charge is -2.23. The quantitative estimate of drug-likeness (QED) is 0.126. The van der Waals surface area contributed by atoms with Crippen molar-refractivity contribution in [2.75, 3.05) is 42.7 Å². The number of likely N-dealkylation sites (tertiary alicyclic amines) is 1. The number of aromatic nitrogens is 5. The standard InChI is InChI=1S/C24H36FN7O.C4HCl3N2/c1-3-32-14-8-11-19(32)16-26-22-29-23(27-17-9-6-4-5-7-10-17)31-24(30-22)28-18-12-13-21(33-2)20(25)15-18;5-2-1-3(6)9-4(7)8-2/h12-13,15,17,19H,3-11,14,16H2,1-2H3,(H3,26,27,28,29,30,31);1H/t19-;/m0./s1. The van der Waals surface area contributed by atoms with Gasteiger partial charge in [0.25, 0.3) is 0 Å². The van der Waals surface area contributed by atoms with Crippen molar-refractivity contribution in [1.82, 2.24) is 29.8 Å². The number of nitrogens with one attached hydrogen (secondary N) is 3. The van der Waals surface area contributed by atoms with E-state index < -0.39 is 5.82 Å². The molecule has 0 radical (unpaired) electrons. The first-order valence-corrected chi connectivity index (χ1v) is 15.4. The predicted molar refractivity (Wildman–Crippen MR) is 167 cm³/mol. The van der Waals surface area contributed by atoms with Crippen LogP contribution < -0.4 is 20.7 Å². The summed E-state index contributed by atoms with van der Waals surface area (Å²) in [6.07, 6.45) is 9.65. The SMILES string of the molecule is CCN1CCC[C@H]1CNc1nc(Nc2ccc(OC)c(F)c2)nc(NC2CCCCCC2)n1.Clc1cc(Cl)nc(Cl)n1. The summed E-state index contributed by atoms with van der Waals surface area (Å²) in [5.41, 5.74) is 0.554. The summed E-state index contributed by atoms with van der Waals surface area (Å²) in [6.45, 7) is 5.18. The Bertz CT molecular complexity index is 1250. The molecule has 3 N–H and O–H groups in total. The summed E-state index contributed by atoms with van der Waals surface area (Å²) in [4.78, 5) is 23.4. The van der Waals surface area contributed by atoms with Crippen LogP contribution in [-0.4, -0.2) is 68.6 Å². The molecule has 1 saturated heterocycles. The van der Waals surface area contributed by atoms with Crippen molar-refractivity contribution in [2.45, 2.75) is 70.4 Å². The molecule has 1 aliphatic carbocycles. The van der Waals surface area contributed by atoms with Crippen LogP contribution in [0.15, 0.2) is 24.3 Å². The summed E-state index contributed by atoms with van der Waals surface area (Å²) in [5.74, 6) is 1.22. The average molecular weight is 641 g/mol. The number of nitrogens with zero attached hydrogens (tertiary/aromatic N) is 6. The van der Waals surface area contributed by atoms with Gasteiger partial charge in [0.15, 0.2) is 11.6 Å². The molecule has 0 amide bonds. The second-order valence-electron chi connectivity index (χ2n) is 10.2. The van der Waals surface area contributed by atoms with Gasteiger partial charge >= 0.3 is 0 Å². The van der Waals surface area contributed by atoms with Gasteiger partial charge in [-0.15, -0.1) is 0 Å². The lowest BCUT2D eigenvalue weighted by Crippen LogP contribution is -2.35. The summed E-state index contributed by atoms with van der Waals surface area (Å²) < 4.78 is 19.2. The highest BCUT2D eigenvalue weighted by Crippen LogP contribution is 2.25. The van der Waals surface area contributed by atoms with Crippen molar-refractivity contribution in [3.05, 3.63) is 45.7 Å². The van der Waals surface area contributed by atoms with E-state index in [9.17, 15) is 4.39 Å². The first-order chi connectivity index (χ1) is 20.3. The van der Waals surface area contributed by atoms with Gasteiger partial charge in [0, 0.05) is 36.4 Å². The lowest BCUT2D eigenvalue weighted by molar-refractivity contribution is 0.277. The molecule has 3 heterocycles. The van der Waals surface area contributed by atoms with Crippen LogP contribution in [0.25, 0.3) is 0 Å². The Balaban J connectivity index is 0.000000385. The highest BCUT2D eigenvalue weighted by atomic mass is 35.5.